The van der Waals surface area contributed by atoms with Gasteiger partial charge in [-0.1, -0.05) is 23.2 Å². The lowest BCUT2D eigenvalue weighted by molar-refractivity contribution is -0.384. The van der Waals surface area contributed by atoms with Gasteiger partial charge in [-0.05, 0) is 48.5 Å². The summed E-state index contributed by atoms with van der Waals surface area (Å²) in [5, 5.41) is 21.5. The van der Waals surface area contributed by atoms with Crippen LogP contribution in [0.3, 0.4) is 0 Å². The van der Waals surface area contributed by atoms with E-state index in [2.05, 4.69) is 15.5 Å². The van der Waals surface area contributed by atoms with Gasteiger partial charge in [0.1, 0.15) is 22.9 Å². The number of aromatic nitrogens is 2. The van der Waals surface area contributed by atoms with Crippen LogP contribution in [0.5, 0.6) is 17.2 Å². The van der Waals surface area contributed by atoms with Crippen LogP contribution in [-0.4, -0.2) is 28.1 Å². The van der Waals surface area contributed by atoms with Gasteiger partial charge in [0.15, 0.2) is 0 Å². The van der Waals surface area contributed by atoms with Crippen LogP contribution in [-0.2, 0) is 0 Å². The molecule has 0 saturated carbocycles. The zero-order chi connectivity index (χ0) is 24.2. The highest BCUT2D eigenvalue weighted by atomic mass is 35.5. The van der Waals surface area contributed by atoms with E-state index in [1.54, 1.807) is 31.4 Å². The molecule has 0 aliphatic rings. The van der Waals surface area contributed by atoms with Crippen LogP contribution in [0.25, 0.3) is 11.3 Å². The summed E-state index contributed by atoms with van der Waals surface area (Å²) in [6.07, 6.45) is 0. The maximum absolute atomic E-state index is 12.8. The number of carbonyl (C=O) groups excluding carboxylic acids is 1. The van der Waals surface area contributed by atoms with Gasteiger partial charge in [0.2, 0.25) is 0 Å². The molecule has 0 bridgehead atoms. The van der Waals surface area contributed by atoms with Crippen LogP contribution in [0.1, 0.15) is 10.5 Å². The van der Waals surface area contributed by atoms with E-state index in [-0.39, 0.29) is 33.6 Å². The molecule has 0 fully saturated rings. The van der Waals surface area contributed by atoms with Crippen LogP contribution < -0.4 is 14.8 Å². The maximum Gasteiger partial charge on any atom is 0.275 e. The van der Waals surface area contributed by atoms with Crippen LogP contribution >= 0.6 is 23.2 Å². The number of nitrogens with one attached hydrogen (secondary N) is 2. The number of non-ortho nitro benzene ring substituents is 1. The average molecular weight is 499 g/mol. The lowest BCUT2D eigenvalue weighted by atomic mass is 10.1. The molecule has 172 valence electrons. The molecular weight excluding hydrogens is 483 g/mol. The molecule has 0 radical (unpaired) electrons. The summed E-state index contributed by atoms with van der Waals surface area (Å²) < 4.78 is 10.8. The van der Waals surface area contributed by atoms with E-state index in [1.807, 2.05) is 12.1 Å². The predicted octanol–water partition coefficient (Wildman–Crippen LogP) is 6.34. The SMILES string of the molecule is COc1ccc(-c2cc(C(=O)Nc3cc(Oc4ccc(Cl)cc4Cl)cc([N+](=O)[O-])c3)[nH]n2)cc1. The van der Waals surface area contributed by atoms with Gasteiger partial charge in [-0.2, -0.15) is 5.10 Å². The number of hydrogen-bond donors (Lipinski definition) is 2. The zero-order valence-corrected chi connectivity index (χ0v) is 19.1. The van der Waals surface area contributed by atoms with Crippen molar-refractivity contribution in [2.75, 3.05) is 12.4 Å². The van der Waals surface area contributed by atoms with Gasteiger partial charge in [0.05, 0.1) is 34.5 Å². The van der Waals surface area contributed by atoms with E-state index in [9.17, 15) is 14.9 Å². The van der Waals surface area contributed by atoms with E-state index in [1.165, 1.54) is 30.3 Å². The quantitative estimate of drug-likeness (QED) is 0.226. The Morgan fingerprint density at radius 3 is 2.47 bits per heavy atom. The second-order valence-electron chi connectivity index (χ2n) is 7.00. The molecule has 1 aromatic heterocycles. The molecule has 2 N–H and O–H groups in total. The molecule has 1 amide bonds. The van der Waals surface area contributed by atoms with Gasteiger partial charge >= 0.3 is 0 Å². The van der Waals surface area contributed by atoms with Crippen LogP contribution in [0.15, 0.2) is 66.7 Å². The summed E-state index contributed by atoms with van der Waals surface area (Å²) in [6.45, 7) is 0. The molecule has 0 saturated heterocycles. The monoisotopic (exact) mass is 498 g/mol. The number of methoxy groups -OCH3 is 1. The van der Waals surface area contributed by atoms with Crippen LogP contribution in [0.4, 0.5) is 11.4 Å². The Morgan fingerprint density at radius 2 is 1.79 bits per heavy atom. The summed E-state index contributed by atoms with van der Waals surface area (Å²) in [5.74, 6) is 0.517. The van der Waals surface area contributed by atoms with Crippen molar-refractivity contribution in [2.45, 2.75) is 0 Å². The minimum Gasteiger partial charge on any atom is -0.497 e. The van der Waals surface area contributed by atoms with E-state index in [0.717, 1.165) is 5.56 Å². The molecule has 0 unspecified atom stereocenters. The van der Waals surface area contributed by atoms with Gasteiger partial charge in [-0.3, -0.25) is 20.0 Å². The van der Waals surface area contributed by atoms with Crippen molar-refractivity contribution in [3.8, 4) is 28.5 Å². The number of halogens is 2. The maximum atomic E-state index is 12.8. The molecule has 0 aliphatic carbocycles. The fourth-order valence-corrected chi connectivity index (χ4v) is 3.50. The number of nitro benzene ring substituents is 1. The van der Waals surface area contributed by atoms with Crippen molar-refractivity contribution in [2.24, 2.45) is 0 Å². The number of H-pyrrole nitrogens is 1. The number of ether oxygens (including phenoxy) is 2. The van der Waals surface area contributed by atoms with Crippen molar-refractivity contribution < 1.29 is 19.2 Å². The predicted molar refractivity (Wildman–Crippen MR) is 128 cm³/mol. The van der Waals surface area contributed by atoms with Gasteiger partial charge in [0.25, 0.3) is 11.6 Å². The fourth-order valence-electron chi connectivity index (χ4n) is 3.05. The molecule has 0 atom stereocenters. The third-order valence-electron chi connectivity index (χ3n) is 4.69. The topological polar surface area (TPSA) is 119 Å². The van der Waals surface area contributed by atoms with Gasteiger partial charge in [-0.25, -0.2) is 0 Å². The second kappa shape index (κ2) is 9.82. The molecule has 4 rings (SSSR count). The van der Waals surface area contributed by atoms with E-state index < -0.39 is 10.8 Å². The van der Waals surface area contributed by atoms with Crippen LogP contribution in [0, 0.1) is 10.1 Å². The molecule has 4 aromatic rings. The number of nitro groups is 1. The number of carbonyl (C=O) groups is 1. The first kappa shape index (κ1) is 23.1. The van der Waals surface area contributed by atoms with Gasteiger partial charge < -0.3 is 14.8 Å². The molecule has 1 heterocycles. The van der Waals surface area contributed by atoms with Crippen molar-refractivity contribution >= 4 is 40.5 Å². The molecule has 11 heteroatoms. The number of nitrogens with zero attached hydrogens (tertiary/aromatic N) is 2. The number of benzene rings is 3. The zero-order valence-electron chi connectivity index (χ0n) is 17.5. The third-order valence-corrected chi connectivity index (χ3v) is 5.22. The first-order chi connectivity index (χ1) is 16.3. The summed E-state index contributed by atoms with van der Waals surface area (Å²) in [5.41, 5.74) is 1.37. The lowest BCUT2D eigenvalue weighted by Crippen LogP contribution is -2.12. The Hall–Kier alpha value is -4.08. The Kier molecular flexibility index (Phi) is 6.67. The minimum absolute atomic E-state index is 0.109. The highest BCUT2D eigenvalue weighted by Crippen LogP contribution is 2.34. The van der Waals surface area contributed by atoms with Crippen molar-refractivity contribution in [1.29, 1.82) is 0 Å². The highest BCUT2D eigenvalue weighted by molar-refractivity contribution is 6.35. The van der Waals surface area contributed by atoms with E-state index in [4.69, 9.17) is 32.7 Å². The summed E-state index contributed by atoms with van der Waals surface area (Å²) in [7, 11) is 1.57. The van der Waals surface area contributed by atoms with Crippen molar-refractivity contribution in [3.63, 3.8) is 0 Å². The fraction of sp³-hybridized carbons (Fsp3) is 0.0435. The van der Waals surface area contributed by atoms with E-state index >= 15 is 0 Å². The first-order valence-electron chi connectivity index (χ1n) is 9.76. The summed E-state index contributed by atoms with van der Waals surface area (Å²) >= 11 is 12.0. The number of rotatable bonds is 7. The average Bonchev–Trinajstić information content (AvgIpc) is 3.31. The third kappa shape index (κ3) is 5.28. The van der Waals surface area contributed by atoms with Gasteiger partial charge in [0, 0.05) is 22.7 Å². The largest absolute Gasteiger partial charge is 0.497 e. The Balaban J connectivity index is 1.56. The first-order valence-corrected chi connectivity index (χ1v) is 10.5. The molecular formula is C23H16Cl2N4O5. The number of hydrogen-bond acceptors (Lipinski definition) is 6. The molecule has 0 aliphatic heterocycles. The normalized spacial score (nSPS) is 10.6. The molecule has 0 spiro atoms. The summed E-state index contributed by atoms with van der Waals surface area (Å²) in [4.78, 5) is 23.6. The molecule has 9 nitrogen and oxygen atoms in total. The Labute approximate surface area is 203 Å². The molecule has 34 heavy (non-hydrogen) atoms. The molecule has 3 aromatic carbocycles. The minimum atomic E-state index is -0.593. The van der Waals surface area contributed by atoms with Crippen LogP contribution in [0.2, 0.25) is 10.0 Å². The highest BCUT2D eigenvalue weighted by Gasteiger charge is 2.16. The number of aromatic amines is 1. The Morgan fingerprint density at radius 1 is 1.03 bits per heavy atom. The van der Waals surface area contributed by atoms with Gasteiger partial charge in [-0.15, -0.1) is 0 Å². The standard InChI is InChI=1S/C23H16Cl2N4O5/c1-33-17-5-2-13(3-6-17)20-12-21(28-27-20)23(30)26-15-9-16(29(31)32)11-18(10-15)34-22-7-4-14(24)8-19(22)25/h2-12H,1H3,(H,26,30)(H,27,28). The summed E-state index contributed by atoms with van der Waals surface area (Å²) in [6, 6.07) is 17.2. The van der Waals surface area contributed by atoms with Crippen molar-refractivity contribution in [3.05, 3.63) is 92.6 Å². The number of amides is 1. The Bertz CT molecular complexity index is 1370. The van der Waals surface area contributed by atoms with E-state index in [0.29, 0.717) is 16.5 Å². The van der Waals surface area contributed by atoms with Crippen molar-refractivity contribution in [1.82, 2.24) is 10.2 Å². The number of anilines is 1. The smallest absolute Gasteiger partial charge is 0.275 e. The lowest BCUT2D eigenvalue weighted by Gasteiger charge is -2.10. The second-order valence-corrected chi connectivity index (χ2v) is 7.84.